The van der Waals surface area contributed by atoms with Crippen molar-refractivity contribution in [3.8, 4) is 0 Å². The second-order valence-corrected chi connectivity index (χ2v) is 7.30. The van der Waals surface area contributed by atoms with E-state index in [1.54, 1.807) is 5.92 Å². The van der Waals surface area contributed by atoms with Gasteiger partial charge in [0.05, 0.1) is 0 Å². The maximum atomic E-state index is 4.96. The number of nitrogens with zero attached hydrogens (tertiary/aromatic N) is 1. The zero-order valence-electron chi connectivity index (χ0n) is 12.6. The monoisotopic (exact) mass is 344 g/mol. The summed E-state index contributed by atoms with van der Waals surface area (Å²) in [6.45, 7) is 13.3. The van der Waals surface area contributed by atoms with Crippen molar-refractivity contribution in [1.82, 2.24) is 4.90 Å². The van der Waals surface area contributed by atoms with Crippen LogP contribution in [0.2, 0.25) is 0 Å². The Hall–Kier alpha value is 1.41. The predicted molar refractivity (Wildman–Crippen MR) is 80.3 cm³/mol. The Labute approximate surface area is 145 Å². The van der Waals surface area contributed by atoms with Gasteiger partial charge in [-0.3, -0.25) is 5.92 Å². The molecule has 1 aliphatic heterocycles. The quantitative estimate of drug-likeness (QED) is 0.601. The molecule has 0 bridgehead atoms. The van der Waals surface area contributed by atoms with E-state index in [1.807, 2.05) is 0 Å². The molecule has 0 N–H and O–H groups in total. The largest absolute Gasteiger partial charge is 0.343 e. The van der Waals surface area contributed by atoms with Crippen molar-refractivity contribution >= 4 is 12.6 Å². The maximum absolute atomic E-state index is 4.96. The molecule has 0 amide bonds. The minimum atomic E-state index is 0. The van der Waals surface area contributed by atoms with Gasteiger partial charge >= 0.3 is 0 Å². The van der Waals surface area contributed by atoms with Gasteiger partial charge in [-0.05, 0) is 25.9 Å². The summed E-state index contributed by atoms with van der Waals surface area (Å²) in [7, 11) is 2.23. The Balaban J connectivity index is 0.00000289. The van der Waals surface area contributed by atoms with Crippen LogP contribution in [0.1, 0.15) is 46.5 Å². The van der Waals surface area contributed by atoms with E-state index in [2.05, 4.69) is 39.6 Å². The molecule has 1 heterocycles. The Kier molecular flexibility index (Phi) is 9.32. The molecule has 18 heavy (non-hydrogen) atoms. The third-order valence-corrected chi connectivity index (χ3v) is 4.56. The molecule has 1 rings (SSSR count). The van der Waals surface area contributed by atoms with E-state index >= 15 is 0 Å². The summed E-state index contributed by atoms with van der Waals surface area (Å²) in [4.78, 5) is 2.45. The summed E-state index contributed by atoms with van der Waals surface area (Å²) in [5.74, 6) is 3.05. The van der Waals surface area contributed by atoms with Gasteiger partial charge in [-0.2, -0.15) is 12.8 Å². The van der Waals surface area contributed by atoms with Gasteiger partial charge < -0.3 is 11.8 Å². The first kappa shape index (κ1) is 19.4. The fourth-order valence-electron chi connectivity index (χ4n) is 2.75. The first-order chi connectivity index (χ1) is 7.85. The molecule has 0 aromatic carbocycles. The van der Waals surface area contributed by atoms with Crippen molar-refractivity contribution < 1.29 is 32.7 Å². The van der Waals surface area contributed by atoms with Crippen molar-refractivity contribution in [2.75, 3.05) is 20.1 Å². The first-order valence-corrected chi connectivity index (χ1v) is 7.35. The minimum absolute atomic E-state index is 0. The van der Waals surface area contributed by atoms with Crippen LogP contribution in [0.3, 0.4) is 0 Å². The van der Waals surface area contributed by atoms with Gasteiger partial charge in [-0.1, -0.05) is 33.1 Å². The molecule has 1 saturated heterocycles. The van der Waals surface area contributed by atoms with Crippen LogP contribution in [0.25, 0.3) is 0 Å². The van der Waals surface area contributed by atoms with Gasteiger partial charge in [0.15, 0.2) is 0 Å². The fourth-order valence-corrected chi connectivity index (χ4v) is 3.22. The van der Waals surface area contributed by atoms with Crippen molar-refractivity contribution in [3.63, 3.8) is 0 Å². The van der Waals surface area contributed by atoms with E-state index in [0.29, 0.717) is 5.92 Å². The summed E-state index contributed by atoms with van der Waals surface area (Å²) >= 11 is 4.96. The van der Waals surface area contributed by atoms with Crippen LogP contribution in [-0.4, -0.2) is 29.8 Å². The molecule has 0 spiro atoms. The summed E-state index contributed by atoms with van der Waals surface area (Å²) in [6.07, 6.45) is 4.71. The predicted octanol–water partition coefficient (Wildman–Crippen LogP) is 3.86. The second-order valence-electron chi connectivity index (χ2n) is 6.31. The molecule has 0 aliphatic carbocycles. The third-order valence-electron chi connectivity index (χ3n) is 4.06. The molecular weight excluding hydrogens is 315 g/mol. The molecule has 1 nitrogen and oxygen atoms in total. The Morgan fingerprint density at radius 2 is 2.17 bits per heavy atom. The van der Waals surface area contributed by atoms with Crippen LogP contribution in [0, 0.1) is 24.7 Å². The van der Waals surface area contributed by atoms with Crippen molar-refractivity contribution in [3.05, 3.63) is 12.8 Å². The van der Waals surface area contributed by atoms with Crippen LogP contribution in [0.15, 0.2) is 0 Å². The fraction of sp³-hybridized carbons (Fsp3) is 0.867. The summed E-state index contributed by atoms with van der Waals surface area (Å²) in [5, 5.41) is 0. The van der Waals surface area contributed by atoms with E-state index in [9.17, 15) is 0 Å². The molecule has 3 heteroatoms. The second kappa shape index (κ2) is 8.65. The summed E-state index contributed by atoms with van der Waals surface area (Å²) in [5.41, 5.74) is 0. The van der Waals surface area contributed by atoms with Crippen LogP contribution in [0.5, 0.6) is 0 Å². The van der Waals surface area contributed by atoms with E-state index < -0.39 is 0 Å². The first-order valence-electron chi connectivity index (χ1n) is 6.90. The van der Waals surface area contributed by atoms with Crippen LogP contribution < -0.4 is 0 Å². The van der Waals surface area contributed by atoms with Gasteiger partial charge in [-0.15, -0.1) is 11.3 Å². The Morgan fingerprint density at radius 3 is 2.72 bits per heavy atom. The smallest absolute Gasteiger partial charge is 0 e. The van der Waals surface area contributed by atoms with Gasteiger partial charge in [0.25, 0.3) is 0 Å². The molecule has 3 unspecified atom stereocenters. The molecular formula is C15H29NSY-2. The zero-order chi connectivity index (χ0) is 13.1. The van der Waals surface area contributed by atoms with Crippen LogP contribution in [0.4, 0.5) is 0 Å². The van der Waals surface area contributed by atoms with Crippen molar-refractivity contribution in [1.29, 1.82) is 0 Å². The Morgan fingerprint density at radius 1 is 1.56 bits per heavy atom. The van der Waals surface area contributed by atoms with Crippen LogP contribution in [-0.2, 0) is 32.7 Å². The molecule has 0 saturated carbocycles. The number of thiol groups is 1. The summed E-state index contributed by atoms with van der Waals surface area (Å²) < 4.78 is 0.0948. The minimum Gasteiger partial charge on any atom is -0.343 e. The maximum Gasteiger partial charge on any atom is 0 e. The molecule has 105 valence electrons. The molecule has 1 aliphatic rings. The molecule has 1 radical (unpaired) electrons. The zero-order valence-corrected chi connectivity index (χ0v) is 16.3. The SMILES string of the molecule is [CH2-]CC(C)C[C-]1CN(C)CCC(C)CC1(C)S.[Y]. The van der Waals surface area contributed by atoms with Crippen molar-refractivity contribution in [2.45, 2.75) is 51.2 Å². The van der Waals surface area contributed by atoms with Crippen LogP contribution >= 0.6 is 12.6 Å². The molecule has 1 fully saturated rings. The number of hydrogen-bond donors (Lipinski definition) is 1. The summed E-state index contributed by atoms with van der Waals surface area (Å²) in [6, 6.07) is 0. The third kappa shape index (κ3) is 6.24. The average Bonchev–Trinajstić information content (AvgIpc) is 2.23. The molecule has 0 aromatic heterocycles. The van der Waals surface area contributed by atoms with Crippen molar-refractivity contribution in [2.24, 2.45) is 11.8 Å². The number of hydrogen-bond acceptors (Lipinski definition) is 2. The standard InChI is InChI=1S/C15H29NS.Y/c1-6-12(2)9-14-11-16(5)8-7-13(3)10-15(14,4)17;/h12-13,17H,1,6-11H2,2-5H3;/q-2;. The van der Waals surface area contributed by atoms with Gasteiger partial charge in [0.2, 0.25) is 0 Å². The molecule has 3 atom stereocenters. The van der Waals surface area contributed by atoms with Gasteiger partial charge in [-0.25, -0.2) is 12.6 Å². The topological polar surface area (TPSA) is 3.24 Å². The van der Waals surface area contributed by atoms with Gasteiger partial charge in [0, 0.05) is 32.7 Å². The number of rotatable bonds is 3. The molecule has 0 aromatic rings. The normalized spacial score (nSPS) is 33.3. The average molecular weight is 344 g/mol. The van der Waals surface area contributed by atoms with E-state index in [0.717, 1.165) is 18.9 Å². The van der Waals surface area contributed by atoms with E-state index in [1.165, 1.54) is 25.8 Å². The van der Waals surface area contributed by atoms with E-state index in [4.69, 9.17) is 12.6 Å². The Bertz CT molecular complexity index is 231. The van der Waals surface area contributed by atoms with Gasteiger partial charge in [0.1, 0.15) is 0 Å². The van der Waals surface area contributed by atoms with E-state index in [-0.39, 0.29) is 37.5 Å². The number of likely N-dealkylation sites (tertiary alicyclic amines) is 1.